The van der Waals surface area contributed by atoms with Gasteiger partial charge < -0.3 is 10.7 Å². The molecule has 2 heterocycles. The van der Waals surface area contributed by atoms with Crippen molar-refractivity contribution in [1.29, 1.82) is 5.41 Å². The number of nitrogens with two attached hydrogens (primary N) is 1. The Morgan fingerprint density at radius 2 is 2.11 bits per heavy atom. The maximum Gasteiger partial charge on any atom is 0.260 e. The van der Waals surface area contributed by atoms with Crippen LogP contribution in [0.4, 0.5) is 0 Å². The number of nitrogens with zero attached hydrogens (tertiary/aromatic N) is 3. The number of nitrogens with one attached hydrogen (secondary N) is 2. The zero-order valence-electron chi connectivity index (χ0n) is 9.83. The molecule has 2 rings (SSSR count). The van der Waals surface area contributed by atoms with Gasteiger partial charge in [-0.05, 0) is 0 Å². The van der Waals surface area contributed by atoms with Gasteiger partial charge in [-0.15, -0.1) is 0 Å². The molecule has 1 aliphatic rings. The highest BCUT2D eigenvalue weighted by Gasteiger charge is 2.29. The fourth-order valence-electron chi connectivity index (χ4n) is 1.89. The lowest BCUT2D eigenvalue weighted by Crippen LogP contribution is -2.50. The number of hydrogen-bond donors (Lipinski definition) is 3. The van der Waals surface area contributed by atoms with Gasteiger partial charge in [-0.2, -0.15) is 4.31 Å². The summed E-state index contributed by atoms with van der Waals surface area (Å²) in [6, 6.07) is 0. The van der Waals surface area contributed by atoms with Crippen LogP contribution in [-0.2, 0) is 10.0 Å². The minimum Gasteiger partial charge on any atom is -0.387 e. The molecule has 1 fully saturated rings. The lowest BCUT2D eigenvalue weighted by Gasteiger charge is -2.33. The highest BCUT2D eigenvalue weighted by Crippen LogP contribution is 2.14. The fourth-order valence-corrected chi connectivity index (χ4v) is 3.21. The van der Waals surface area contributed by atoms with Crippen LogP contribution in [0, 0.1) is 5.41 Å². The lowest BCUT2D eigenvalue weighted by atomic mass is 10.3. The second-order valence-corrected chi connectivity index (χ2v) is 6.03. The molecule has 0 bridgehead atoms. The third kappa shape index (κ3) is 2.68. The van der Waals surface area contributed by atoms with Crippen molar-refractivity contribution in [3.63, 3.8) is 0 Å². The standard InChI is InChI=1S/C9H16N6O2S/c10-8(11)6-14-1-3-15(4-2-14)18(16,17)9-5-12-7-13-9/h5,7H,1-4,6H2,(H3,10,11)(H,12,13). The zero-order valence-corrected chi connectivity index (χ0v) is 10.7. The van der Waals surface area contributed by atoms with Crippen molar-refractivity contribution < 1.29 is 8.42 Å². The van der Waals surface area contributed by atoms with Crippen LogP contribution in [-0.4, -0.2) is 66.2 Å². The molecular weight excluding hydrogens is 256 g/mol. The van der Waals surface area contributed by atoms with Crippen molar-refractivity contribution in [3.8, 4) is 0 Å². The summed E-state index contributed by atoms with van der Waals surface area (Å²) in [5.41, 5.74) is 5.32. The van der Waals surface area contributed by atoms with Gasteiger partial charge in [0.2, 0.25) is 0 Å². The van der Waals surface area contributed by atoms with E-state index in [2.05, 4.69) is 9.97 Å². The predicted octanol–water partition coefficient (Wildman–Crippen LogP) is -1.35. The Kier molecular flexibility index (Phi) is 3.64. The Morgan fingerprint density at radius 3 is 2.61 bits per heavy atom. The first-order valence-electron chi connectivity index (χ1n) is 5.54. The first kappa shape index (κ1) is 13.0. The normalized spacial score (nSPS) is 18.9. The smallest absolute Gasteiger partial charge is 0.260 e. The molecule has 9 heteroatoms. The van der Waals surface area contributed by atoms with Crippen molar-refractivity contribution in [3.05, 3.63) is 12.5 Å². The van der Waals surface area contributed by atoms with Crippen LogP contribution in [0.1, 0.15) is 0 Å². The molecule has 0 amide bonds. The molecular formula is C9H16N6O2S. The molecule has 18 heavy (non-hydrogen) atoms. The summed E-state index contributed by atoms with van der Waals surface area (Å²) < 4.78 is 25.7. The molecule has 100 valence electrons. The maximum absolute atomic E-state index is 12.1. The van der Waals surface area contributed by atoms with E-state index < -0.39 is 10.0 Å². The molecule has 1 saturated heterocycles. The maximum atomic E-state index is 12.1. The predicted molar refractivity (Wildman–Crippen MR) is 65.7 cm³/mol. The Balaban J connectivity index is 2.00. The van der Waals surface area contributed by atoms with Gasteiger partial charge in [0.1, 0.15) is 5.84 Å². The van der Waals surface area contributed by atoms with Crippen LogP contribution in [0.25, 0.3) is 0 Å². The first-order chi connectivity index (χ1) is 8.50. The van der Waals surface area contributed by atoms with E-state index in [1.54, 1.807) is 0 Å². The second-order valence-electron chi connectivity index (χ2n) is 4.12. The molecule has 8 nitrogen and oxygen atoms in total. The van der Waals surface area contributed by atoms with E-state index in [4.69, 9.17) is 11.1 Å². The van der Waals surface area contributed by atoms with Crippen LogP contribution < -0.4 is 5.73 Å². The Bertz CT molecular complexity index is 503. The zero-order chi connectivity index (χ0) is 13.2. The molecule has 1 aliphatic heterocycles. The van der Waals surface area contributed by atoms with Gasteiger partial charge in [0, 0.05) is 26.2 Å². The van der Waals surface area contributed by atoms with E-state index in [0.717, 1.165) is 0 Å². The molecule has 0 aromatic carbocycles. The van der Waals surface area contributed by atoms with Crippen LogP contribution in [0.15, 0.2) is 17.6 Å². The summed E-state index contributed by atoms with van der Waals surface area (Å²) in [5.74, 6) is 0.0971. The largest absolute Gasteiger partial charge is 0.387 e. The molecule has 0 unspecified atom stereocenters. The van der Waals surface area contributed by atoms with E-state index >= 15 is 0 Å². The Morgan fingerprint density at radius 1 is 1.44 bits per heavy atom. The third-order valence-corrected chi connectivity index (χ3v) is 4.64. The van der Waals surface area contributed by atoms with Crippen LogP contribution >= 0.6 is 0 Å². The summed E-state index contributed by atoms with van der Waals surface area (Å²) in [6.45, 7) is 2.33. The molecule has 0 aliphatic carbocycles. The number of piperazine rings is 1. The average Bonchev–Trinajstić information content (AvgIpc) is 2.83. The molecule has 1 aromatic rings. The minimum absolute atomic E-state index is 0.0971. The average molecular weight is 272 g/mol. The van der Waals surface area contributed by atoms with Crippen molar-refractivity contribution >= 4 is 15.9 Å². The molecule has 0 spiro atoms. The van der Waals surface area contributed by atoms with E-state index in [0.29, 0.717) is 32.7 Å². The minimum atomic E-state index is -3.47. The number of amidine groups is 1. The molecule has 4 N–H and O–H groups in total. The molecule has 0 atom stereocenters. The van der Waals surface area contributed by atoms with Crippen molar-refractivity contribution in [2.24, 2.45) is 5.73 Å². The summed E-state index contributed by atoms with van der Waals surface area (Å²) >= 11 is 0. The number of rotatable bonds is 4. The number of aromatic amines is 1. The number of hydrogen-bond acceptors (Lipinski definition) is 5. The lowest BCUT2D eigenvalue weighted by molar-refractivity contribution is 0.208. The monoisotopic (exact) mass is 272 g/mol. The van der Waals surface area contributed by atoms with Crippen molar-refractivity contribution in [2.45, 2.75) is 5.03 Å². The van der Waals surface area contributed by atoms with Gasteiger partial charge in [0.15, 0.2) is 5.03 Å². The van der Waals surface area contributed by atoms with Gasteiger partial charge in [0.25, 0.3) is 10.0 Å². The van der Waals surface area contributed by atoms with Crippen LogP contribution in [0.5, 0.6) is 0 Å². The molecule has 0 radical (unpaired) electrons. The number of aromatic nitrogens is 2. The Hall–Kier alpha value is -1.45. The number of imidazole rings is 1. The summed E-state index contributed by atoms with van der Waals surface area (Å²) in [4.78, 5) is 8.29. The van der Waals surface area contributed by atoms with Gasteiger partial charge >= 0.3 is 0 Å². The summed E-state index contributed by atoms with van der Waals surface area (Å²) in [6.07, 6.45) is 2.65. The number of H-pyrrole nitrogens is 1. The van der Waals surface area contributed by atoms with Crippen molar-refractivity contribution in [1.82, 2.24) is 19.2 Å². The van der Waals surface area contributed by atoms with E-state index in [9.17, 15) is 8.42 Å². The Labute approximate surface area is 105 Å². The number of sulfonamides is 1. The van der Waals surface area contributed by atoms with E-state index in [-0.39, 0.29) is 10.9 Å². The highest BCUT2D eigenvalue weighted by atomic mass is 32.2. The fraction of sp³-hybridized carbons (Fsp3) is 0.556. The molecule has 1 aromatic heterocycles. The van der Waals surface area contributed by atoms with Gasteiger partial charge in [0.05, 0.1) is 19.1 Å². The van der Waals surface area contributed by atoms with Gasteiger partial charge in [-0.25, -0.2) is 13.4 Å². The summed E-state index contributed by atoms with van der Waals surface area (Å²) in [7, 11) is -3.47. The van der Waals surface area contributed by atoms with E-state index in [1.807, 2.05) is 4.90 Å². The highest BCUT2D eigenvalue weighted by molar-refractivity contribution is 7.89. The van der Waals surface area contributed by atoms with E-state index in [1.165, 1.54) is 16.8 Å². The molecule has 0 saturated carbocycles. The van der Waals surface area contributed by atoms with Crippen LogP contribution in [0.2, 0.25) is 0 Å². The van der Waals surface area contributed by atoms with Crippen LogP contribution in [0.3, 0.4) is 0 Å². The first-order valence-corrected chi connectivity index (χ1v) is 6.98. The van der Waals surface area contributed by atoms with Gasteiger partial charge in [-0.1, -0.05) is 0 Å². The van der Waals surface area contributed by atoms with Crippen molar-refractivity contribution in [2.75, 3.05) is 32.7 Å². The van der Waals surface area contributed by atoms with Gasteiger partial charge in [-0.3, -0.25) is 10.3 Å². The quantitative estimate of drug-likeness (QED) is 0.462. The topological polar surface area (TPSA) is 119 Å². The SMILES string of the molecule is N=C(N)CN1CCN(S(=O)(=O)c2cnc[nH]2)CC1. The second kappa shape index (κ2) is 5.04. The third-order valence-electron chi connectivity index (χ3n) is 2.82. The summed E-state index contributed by atoms with van der Waals surface area (Å²) in [5, 5.41) is 7.32.